The van der Waals surface area contributed by atoms with E-state index in [0.29, 0.717) is 10.3 Å². The van der Waals surface area contributed by atoms with Gasteiger partial charge in [-0.2, -0.15) is 5.10 Å². The molecule has 24 heavy (non-hydrogen) atoms. The molecule has 9 heteroatoms. The number of rotatable bonds is 5. The first-order valence-corrected chi connectivity index (χ1v) is 10.8. The number of H-pyrrole nitrogens is 1. The molecule has 0 bridgehead atoms. The van der Waals surface area contributed by atoms with E-state index in [1.807, 2.05) is 0 Å². The number of nitrogens with one attached hydrogen (secondary N) is 2. The first-order chi connectivity index (χ1) is 11.5. The summed E-state index contributed by atoms with van der Waals surface area (Å²) in [5.74, 6) is 1.64. The number of hydrogen-bond donors (Lipinski definition) is 2. The maximum absolute atomic E-state index is 12.4. The Bertz CT molecular complexity index is 820. The van der Waals surface area contributed by atoms with Crippen LogP contribution in [0.4, 0.5) is 5.82 Å². The fourth-order valence-electron chi connectivity index (χ4n) is 3.04. The highest BCUT2D eigenvalue weighted by Gasteiger charge is 2.29. The third kappa shape index (κ3) is 3.46. The third-order valence-electron chi connectivity index (χ3n) is 4.56. The fourth-order valence-corrected chi connectivity index (χ4v) is 5.84. The number of piperidine rings is 1. The van der Waals surface area contributed by atoms with Crippen LogP contribution in [0, 0.1) is 0 Å². The molecule has 1 aliphatic heterocycles. The minimum absolute atomic E-state index is 0.0473. The van der Waals surface area contributed by atoms with Gasteiger partial charge in [0, 0.05) is 36.8 Å². The number of hydrogen-bond acceptors (Lipinski definition) is 5. The zero-order chi connectivity index (χ0) is 16.7. The zero-order valence-electron chi connectivity index (χ0n) is 13.0. The lowest BCUT2D eigenvalue weighted by Crippen LogP contribution is -2.44. The molecule has 0 spiro atoms. The molecule has 0 aromatic carbocycles. The van der Waals surface area contributed by atoms with Gasteiger partial charge in [0.15, 0.2) is 5.82 Å². The van der Waals surface area contributed by atoms with Crippen LogP contribution in [-0.2, 0) is 10.0 Å². The summed E-state index contributed by atoms with van der Waals surface area (Å²) in [5.41, 5.74) is 1.22. The van der Waals surface area contributed by atoms with E-state index in [-0.39, 0.29) is 10.3 Å². The molecule has 1 saturated heterocycles. The van der Waals surface area contributed by atoms with Crippen LogP contribution in [0.1, 0.15) is 37.3 Å². The lowest BCUT2D eigenvalue weighted by atomic mass is 10.1. The number of sulfonamides is 1. The molecule has 3 heterocycles. The van der Waals surface area contributed by atoms with Gasteiger partial charge in [-0.05, 0) is 37.8 Å². The Morgan fingerprint density at radius 3 is 2.62 bits per heavy atom. The van der Waals surface area contributed by atoms with Crippen LogP contribution in [0.3, 0.4) is 0 Å². The van der Waals surface area contributed by atoms with Crippen molar-refractivity contribution in [3.8, 4) is 0 Å². The maximum atomic E-state index is 12.4. The Hall–Kier alpha value is -1.09. The van der Waals surface area contributed by atoms with Crippen molar-refractivity contribution in [2.45, 2.75) is 41.9 Å². The van der Waals surface area contributed by atoms with E-state index in [0.717, 1.165) is 43.1 Å². The second kappa shape index (κ2) is 6.33. The van der Waals surface area contributed by atoms with Gasteiger partial charge >= 0.3 is 0 Å². The molecule has 2 N–H and O–H groups in total. The van der Waals surface area contributed by atoms with Crippen LogP contribution in [0.15, 0.2) is 22.4 Å². The van der Waals surface area contributed by atoms with Gasteiger partial charge in [-0.3, -0.25) is 5.10 Å². The van der Waals surface area contributed by atoms with Crippen LogP contribution < -0.4 is 9.62 Å². The summed E-state index contributed by atoms with van der Waals surface area (Å²) in [6.45, 7) is 1.60. The van der Waals surface area contributed by atoms with Crippen LogP contribution in [-0.4, -0.2) is 37.7 Å². The molecule has 6 nitrogen and oxygen atoms in total. The molecule has 0 unspecified atom stereocenters. The average Bonchev–Trinajstić information content (AvgIpc) is 3.11. The van der Waals surface area contributed by atoms with Crippen molar-refractivity contribution in [2.75, 3.05) is 18.0 Å². The van der Waals surface area contributed by atoms with Gasteiger partial charge in [0.05, 0.1) is 4.34 Å². The number of halogens is 1. The van der Waals surface area contributed by atoms with Gasteiger partial charge < -0.3 is 4.90 Å². The van der Waals surface area contributed by atoms with Crippen molar-refractivity contribution in [1.29, 1.82) is 0 Å². The predicted molar refractivity (Wildman–Crippen MR) is 95.4 cm³/mol. The molecular formula is C15H19ClN4O2S2. The zero-order valence-corrected chi connectivity index (χ0v) is 15.4. The largest absolute Gasteiger partial charge is 0.355 e. The van der Waals surface area contributed by atoms with Gasteiger partial charge in [-0.25, -0.2) is 13.1 Å². The van der Waals surface area contributed by atoms with Crippen molar-refractivity contribution in [1.82, 2.24) is 14.9 Å². The van der Waals surface area contributed by atoms with Gasteiger partial charge in [0.25, 0.3) is 0 Å². The van der Waals surface area contributed by atoms with Crippen LogP contribution in [0.2, 0.25) is 4.34 Å². The lowest BCUT2D eigenvalue weighted by Gasteiger charge is -2.32. The molecule has 2 aromatic rings. The molecule has 4 rings (SSSR count). The molecule has 0 atom stereocenters. The smallest absolute Gasteiger partial charge is 0.250 e. The molecule has 130 valence electrons. The SMILES string of the molecule is O=S(=O)(NC1CCN(c2cc(C3CC3)[nH]n2)CC1)c1ccc(Cl)s1. The van der Waals surface area contributed by atoms with Gasteiger partial charge in [-0.15, -0.1) is 11.3 Å². The van der Waals surface area contributed by atoms with Crippen LogP contribution in [0.25, 0.3) is 0 Å². The second-order valence-electron chi connectivity index (χ2n) is 6.40. The first kappa shape index (κ1) is 16.4. The Labute approximate surface area is 150 Å². The Morgan fingerprint density at radius 1 is 1.25 bits per heavy atom. The fraction of sp³-hybridized carbons (Fsp3) is 0.533. The standard InChI is InChI=1S/C15H19ClN4O2S2/c16-13-3-4-15(23-13)24(21,22)19-11-5-7-20(8-6-11)14-9-12(17-18-14)10-1-2-10/h3-4,9-11,19H,1-2,5-8H2,(H,17,18). The van der Waals surface area contributed by atoms with Crippen LogP contribution in [0.5, 0.6) is 0 Å². The second-order valence-corrected chi connectivity index (χ2v) is 10.1. The Balaban J connectivity index is 1.35. The highest BCUT2D eigenvalue weighted by atomic mass is 35.5. The molecular weight excluding hydrogens is 368 g/mol. The summed E-state index contributed by atoms with van der Waals surface area (Å²) >= 11 is 6.92. The van der Waals surface area contributed by atoms with E-state index in [1.54, 1.807) is 12.1 Å². The number of thiophene rings is 1. The summed E-state index contributed by atoms with van der Waals surface area (Å²) in [5, 5.41) is 7.52. The Morgan fingerprint density at radius 2 is 2.00 bits per heavy atom. The molecule has 1 aliphatic carbocycles. The quantitative estimate of drug-likeness (QED) is 0.828. The maximum Gasteiger partial charge on any atom is 0.250 e. The normalized spacial score (nSPS) is 19.8. The van der Waals surface area contributed by atoms with Gasteiger partial charge in [0.1, 0.15) is 4.21 Å². The summed E-state index contributed by atoms with van der Waals surface area (Å²) in [6.07, 6.45) is 4.03. The van der Waals surface area contributed by atoms with Crippen molar-refractivity contribution < 1.29 is 8.42 Å². The number of anilines is 1. The molecule has 2 fully saturated rings. The highest BCUT2D eigenvalue weighted by Crippen LogP contribution is 2.40. The van der Waals surface area contributed by atoms with E-state index in [2.05, 4.69) is 25.9 Å². The summed E-state index contributed by atoms with van der Waals surface area (Å²) in [7, 11) is -3.48. The van der Waals surface area contributed by atoms with E-state index < -0.39 is 10.0 Å². The predicted octanol–water partition coefficient (Wildman–Crippen LogP) is 2.95. The van der Waals surface area contributed by atoms with Crippen molar-refractivity contribution in [3.63, 3.8) is 0 Å². The van der Waals surface area contributed by atoms with Crippen LogP contribution >= 0.6 is 22.9 Å². The third-order valence-corrected chi connectivity index (χ3v) is 7.80. The highest BCUT2D eigenvalue weighted by molar-refractivity contribution is 7.91. The topological polar surface area (TPSA) is 78.1 Å². The number of aromatic amines is 1. The van der Waals surface area contributed by atoms with Crippen molar-refractivity contribution in [3.05, 3.63) is 28.2 Å². The Kier molecular flexibility index (Phi) is 4.32. The summed E-state index contributed by atoms with van der Waals surface area (Å²) in [4.78, 5) is 2.22. The average molecular weight is 387 g/mol. The molecule has 2 aromatic heterocycles. The number of aromatic nitrogens is 2. The van der Waals surface area contributed by atoms with E-state index in [4.69, 9.17) is 11.6 Å². The first-order valence-electron chi connectivity index (χ1n) is 8.09. The monoisotopic (exact) mass is 386 g/mol. The minimum atomic E-state index is -3.48. The molecule has 0 amide bonds. The van der Waals surface area contributed by atoms with E-state index >= 15 is 0 Å². The van der Waals surface area contributed by atoms with Gasteiger partial charge in [0.2, 0.25) is 10.0 Å². The molecule has 2 aliphatic rings. The number of nitrogens with zero attached hydrogens (tertiary/aromatic N) is 2. The van der Waals surface area contributed by atoms with E-state index in [1.165, 1.54) is 18.5 Å². The molecule has 0 radical (unpaired) electrons. The van der Waals surface area contributed by atoms with E-state index in [9.17, 15) is 8.42 Å². The summed E-state index contributed by atoms with van der Waals surface area (Å²) < 4.78 is 28.3. The molecule has 1 saturated carbocycles. The summed E-state index contributed by atoms with van der Waals surface area (Å²) in [6, 6.07) is 5.25. The van der Waals surface area contributed by atoms with Crippen molar-refractivity contribution in [2.24, 2.45) is 0 Å². The lowest BCUT2D eigenvalue weighted by molar-refractivity contribution is 0.459. The van der Waals surface area contributed by atoms with Crippen molar-refractivity contribution >= 4 is 38.8 Å². The van der Waals surface area contributed by atoms with Gasteiger partial charge in [-0.1, -0.05) is 11.6 Å². The minimum Gasteiger partial charge on any atom is -0.355 e.